The maximum atomic E-state index is 14.1. The number of nitrogens with one attached hydrogen (secondary N) is 3. The maximum Gasteiger partial charge on any atom is 0.261 e. The van der Waals surface area contributed by atoms with Gasteiger partial charge in [0, 0.05) is 55.1 Å². The summed E-state index contributed by atoms with van der Waals surface area (Å²) >= 11 is 0. The highest BCUT2D eigenvalue weighted by Gasteiger charge is 2.42. The van der Waals surface area contributed by atoms with Crippen molar-refractivity contribution in [3.05, 3.63) is 125 Å². The van der Waals surface area contributed by atoms with Crippen LogP contribution in [0.3, 0.4) is 0 Å². The van der Waals surface area contributed by atoms with Gasteiger partial charge < -0.3 is 35.1 Å². The Hall–Kier alpha value is -6.56. The Kier molecular flexibility index (Phi) is 9.83. The number of hydrogen-bond acceptors (Lipinski definition) is 8. The summed E-state index contributed by atoms with van der Waals surface area (Å²) in [5.41, 5.74) is 6.01. The normalized spacial score (nSPS) is 17.6. The molecule has 0 fully saturated rings. The van der Waals surface area contributed by atoms with Crippen LogP contribution < -0.4 is 40.0 Å². The summed E-state index contributed by atoms with van der Waals surface area (Å²) in [6, 6.07) is 20.9. The lowest BCUT2D eigenvalue weighted by Gasteiger charge is -2.26. The van der Waals surface area contributed by atoms with Crippen molar-refractivity contribution in [3.8, 4) is 17.2 Å². The number of carbonyl (C=O) groups is 4. The van der Waals surface area contributed by atoms with Crippen molar-refractivity contribution in [2.24, 2.45) is 0 Å². The number of rotatable bonds is 12. The Morgan fingerprint density at radius 3 is 2.39 bits per heavy atom. The van der Waals surface area contributed by atoms with E-state index in [1.54, 1.807) is 41.1 Å². The van der Waals surface area contributed by atoms with Crippen molar-refractivity contribution in [2.45, 2.75) is 51.5 Å². The molecule has 0 aromatic heterocycles. The zero-order valence-corrected chi connectivity index (χ0v) is 30.5. The molecule has 12 heteroatoms. The Balaban J connectivity index is 1.22. The number of methoxy groups -OCH3 is 1. The number of hydrogen-bond donors (Lipinski definition) is 3. The molecule has 0 spiro atoms. The molecule has 54 heavy (non-hydrogen) atoms. The molecule has 3 N–H and O–H groups in total. The van der Waals surface area contributed by atoms with Gasteiger partial charge in [0.15, 0.2) is 11.5 Å². The van der Waals surface area contributed by atoms with Crippen LogP contribution in [0.5, 0.6) is 17.2 Å². The van der Waals surface area contributed by atoms with Gasteiger partial charge in [0.2, 0.25) is 18.6 Å². The SMILES string of the molecule is C=C/C(=C\CC(Oc1cc2c(cc1C)C(=O)N1c3ccccc3C[C@H]1C(=O)N2)Oc1cc(NC=O)c(C(=O)N2c3ccccc3C[C@H]2C)cc1OC)NC. The first-order valence-corrected chi connectivity index (χ1v) is 17.7. The molecule has 4 aromatic carbocycles. The highest BCUT2D eigenvalue weighted by atomic mass is 16.7. The lowest BCUT2D eigenvalue weighted by atomic mass is 10.1. The minimum absolute atomic E-state index is 0.103. The molecule has 0 saturated carbocycles. The molecule has 1 unspecified atom stereocenters. The lowest BCUT2D eigenvalue weighted by molar-refractivity contribution is -0.117. The third kappa shape index (κ3) is 6.51. The zero-order chi connectivity index (χ0) is 38.1. The van der Waals surface area contributed by atoms with Gasteiger partial charge in [-0.05, 0) is 67.3 Å². The molecule has 4 amide bonds. The van der Waals surface area contributed by atoms with E-state index in [2.05, 4.69) is 22.5 Å². The molecular formula is C42H41N5O7. The van der Waals surface area contributed by atoms with Crippen LogP contribution in [0, 0.1) is 6.92 Å². The number of carbonyl (C=O) groups excluding carboxylic acids is 4. The van der Waals surface area contributed by atoms with Gasteiger partial charge in [-0.2, -0.15) is 0 Å². The second kappa shape index (κ2) is 14.8. The van der Waals surface area contributed by atoms with Gasteiger partial charge in [-0.1, -0.05) is 49.1 Å². The van der Waals surface area contributed by atoms with Crippen LogP contribution in [-0.2, 0) is 22.4 Å². The van der Waals surface area contributed by atoms with Crippen molar-refractivity contribution in [1.82, 2.24) is 5.32 Å². The fourth-order valence-electron chi connectivity index (χ4n) is 7.38. The minimum Gasteiger partial charge on any atom is -0.493 e. The van der Waals surface area contributed by atoms with Crippen LogP contribution in [-0.4, -0.2) is 56.7 Å². The second-order valence-corrected chi connectivity index (χ2v) is 13.4. The Morgan fingerprint density at radius 2 is 1.69 bits per heavy atom. The second-order valence-electron chi connectivity index (χ2n) is 13.4. The van der Waals surface area contributed by atoms with Crippen molar-refractivity contribution in [1.29, 1.82) is 0 Å². The quantitative estimate of drug-likeness (QED) is 0.0898. The third-order valence-electron chi connectivity index (χ3n) is 10.0. The monoisotopic (exact) mass is 727 g/mol. The first kappa shape index (κ1) is 35.8. The van der Waals surface area contributed by atoms with Crippen molar-refractivity contribution < 1.29 is 33.4 Å². The number of allylic oxidation sites excluding steroid dienone is 1. The Bertz CT molecular complexity index is 2220. The van der Waals surface area contributed by atoms with Crippen LogP contribution in [0.2, 0.25) is 0 Å². The summed E-state index contributed by atoms with van der Waals surface area (Å²) in [4.78, 5) is 56.7. The van der Waals surface area contributed by atoms with Crippen molar-refractivity contribution >= 4 is 46.9 Å². The molecule has 3 heterocycles. The molecule has 0 bridgehead atoms. The first-order valence-electron chi connectivity index (χ1n) is 17.7. The Morgan fingerprint density at radius 1 is 0.981 bits per heavy atom. The van der Waals surface area contributed by atoms with Gasteiger partial charge in [0.25, 0.3) is 11.8 Å². The first-order chi connectivity index (χ1) is 26.1. The van der Waals surface area contributed by atoms with E-state index in [1.165, 1.54) is 13.2 Å². The van der Waals surface area contributed by atoms with Crippen LogP contribution in [0.15, 0.2) is 97.2 Å². The van der Waals surface area contributed by atoms with Gasteiger partial charge >= 0.3 is 0 Å². The number of aryl methyl sites for hydroxylation is 1. The van der Waals surface area contributed by atoms with E-state index >= 15 is 0 Å². The number of benzene rings is 4. The average Bonchev–Trinajstić information content (AvgIpc) is 3.70. The van der Waals surface area contributed by atoms with E-state index in [0.717, 1.165) is 28.2 Å². The maximum absolute atomic E-state index is 14.1. The number of anilines is 4. The van der Waals surface area contributed by atoms with Crippen LogP contribution in [0.1, 0.15) is 50.8 Å². The predicted molar refractivity (Wildman–Crippen MR) is 207 cm³/mol. The van der Waals surface area contributed by atoms with Crippen LogP contribution >= 0.6 is 0 Å². The van der Waals surface area contributed by atoms with Gasteiger partial charge in [0.1, 0.15) is 11.8 Å². The largest absolute Gasteiger partial charge is 0.493 e. The number of nitrogens with zero attached hydrogens (tertiary/aromatic N) is 2. The average molecular weight is 728 g/mol. The Labute approximate surface area is 313 Å². The highest BCUT2D eigenvalue weighted by Crippen LogP contribution is 2.41. The van der Waals surface area contributed by atoms with Crippen LogP contribution in [0.25, 0.3) is 0 Å². The number of fused-ring (bicyclic) bond motifs is 5. The van der Waals surface area contributed by atoms with Crippen molar-refractivity contribution in [2.75, 3.05) is 34.6 Å². The van der Waals surface area contributed by atoms with Crippen molar-refractivity contribution in [3.63, 3.8) is 0 Å². The van der Waals surface area contributed by atoms with E-state index in [-0.39, 0.29) is 52.9 Å². The molecule has 3 aliphatic rings. The standard InChI is InChI=1S/C42H41N5O7/c1-6-28(43-4)15-16-39(53-36-22-32-29(17-24(36)2)42(51)47-34-14-10-8-12-27(34)19-35(47)40(49)45-32)54-38-21-31(44-23-48)30(20-37(38)52-5)41(50)46-25(3)18-26-11-7-9-13-33(26)46/h6-15,17,20-23,25,35,39,43H,1,16,18-19H2,2-5H3,(H,44,48)(H,45,49)/b28-15+/t25-,35+,39?/m1/s1. The van der Waals surface area contributed by atoms with E-state index in [4.69, 9.17) is 14.2 Å². The molecule has 3 aliphatic heterocycles. The predicted octanol–water partition coefficient (Wildman–Crippen LogP) is 6.15. The number of ether oxygens (including phenoxy) is 3. The van der Waals surface area contributed by atoms with E-state index in [0.29, 0.717) is 41.8 Å². The fraction of sp³-hybridized carbons (Fsp3) is 0.238. The summed E-state index contributed by atoms with van der Waals surface area (Å²) < 4.78 is 18.7. The van der Waals surface area contributed by atoms with E-state index in [9.17, 15) is 19.2 Å². The summed E-state index contributed by atoms with van der Waals surface area (Å²) in [6.07, 6.45) is 4.33. The molecule has 0 aliphatic carbocycles. The molecule has 7 rings (SSSR count). The number of para-hydroxylation sites is 2. The van der Waals surface area contributed by atoms with Gasteiger partial charge in [-0.15, -0.1) is 0 Å². The minimum atomic E-state index is -0.998. The molecule has 12 nitrogen and oxygen atoms in total. The molecule has 0 radical (unpaired) electrons. The summed E-state index contributed by atoms with van der Waals surface area (Å²) in [5.74, 6) is -0.0762. The molecule has 276 valence electrons. The molecule has 4 aromatic rings. The van der Waals surface area contributed by atoms with Crippen LogP contribution in [0.4, 0.5) is 22.7 Å². The molecule has 3 atom stereocenters. The number of amides is 4. The third-order valence-corrected chi connectivity index (χ3v) is 10.0. The van der Waals surface area contributed by atoms with E-state index in [1.807, 2.05) is 68.5 Å². The number of likely N-dealkylation sites (N-methyl/N-ethyl adjacent to an activating group) is 1. The lowest BCUT2D eigenvalue weighted by Crippen LogP contribution is -2.42. The van der Waals surface area contributed by atoms with Gasteiger partial charge in [-0.3, -0.25) is 24.1 Å². The smallest absolute Gasteiger partial charge is 0.261 e. The topological polar surface area (TPSA) is 139 Å². The van der Waals surface area contributed by atoms with E-state index < -0.39 is 12.3 Å². The summed E-state index contributed by atoms with van der Waals surface area (Å²) in [6.45, 7) is 7.64. The molecular weight excluding hydrogens is 686 g/mol. The summed E-state index contributed by atoms with van der Waals surface area (Å²) in [5, 5.41) is 8.68. The van der Waals surface area contributed by atoms with Gasteiger partial charge in [-0.25, -0.2) is 0 Å². The van der Waals surface area contributed by atoms with Gasteiger partial charge in [0.05, 0.1) is 29.6 Å². The highest BCUT2D eigenvalue weighted by molar-refractivity contribution is 6.19. The zero-order valence-electron chi connectivity index (χ0n) is 30.5. The molecule has 0 saturated heterocycles. The fourth-order valence-corrected chi connectivity index (χ4v) is 7.38. The summed E-state index contributed by atoms with van der Waals surface area (Å²) in [7, 11) is 3.23.